The van der Waals surface area contributed by atoms with Gasteiger partial charge in [0.25, 0.3) is 0 Å². The average molecular weight is 348 g/mol. The molecular weight excluding hydrogens is 338 g/mol. The quantitative estimate of drug-likeness (QED) is 0.775. The maximum atomic E-state index is 10.9. The average Bonchev–Trinajstić information content (AvgIpc) is 2.87. The molecule has 1 heterocycles. The molecule has 21 heavy (non-hydrogen) atoms. The maximum absolute atomic E-state index is 10.9. The lowest BCUT2D eigenvalue weighted by atomic mass is 10.2. The van der Waals surface area contributed by atoms with E-state index in [2.05, 4.69) is 20.9 Å². The van der Waals surface area contributed by atoms with Gasteiger partial charge in [0.2, 0.25) is 0 Å². The number of rotatable bonds is 4. The zero-order valence-electron chi connectivity index (χ0n) is 10.7. The first-order valence-corrected chi connectivity index (χ1v) is 6.92. The Morgan fingerprint density at radius 3 is 2.90 bits per heavy atom. The number of carbonyl (C=O) groups is 1. The van der Waals surface area contributed by atoms with Gasteiger partial charge in [-0.25, -0.2) is 4.79 Å². The standard InChI is InChI=1S/C15H10BrNO4/c16-11-3-1-2-9(6-11)8-20-15-17-12-5-4-10(14(18)19)7-13(12)21-15/h1-7H,8H2,(H,18,19). The molecule has 5 nitrogen and oxygen atoms in total. The number of hydrogen-bond acceptors (Lipinski definition) is 4. The van der Waals surface area contributed by atoms with E-state index in [4.69, 9.17) is 14.3 Å². The SMILES string of the molecule is O=C(O)c1ccc2nc(OCc3cccc(Br)c3)oc2c1. The number of hydrogen-bond donors (Lipinski definition) is 1. The van der Waals surface area contributed by atoms with Crippen molar-refractivity contribution in [3.8, 4) is 6.08 Å². The Morgan fingerprint density at radius 1 is 1.29 bits per heavy atom. The van der Waals surface area contributed by atoms with Crippen molar-refractivity contribution in [2.24, 2.45) is 0 Å². The highest BCUT2D eigenvalue weighted by atomic mass is 79.9. The summed E-state index contributed by atoms with van der Waals surface area (Å²) in [4.78, 5) is 15.1. The number of fused-ring (bicyclic) bond motifs is 1. The number of nitrogens with zero attached hydrogens (tertiary/aromatic N) is 1. The van der Waals surface area contributed by atoms with Gasteiger partial charge in [0.15, 0.2) is 5.58 Å². The molecule has 0 radical (unpaired) electrons. The fourth-order valence-electron chi connectivity index (χ4n) is 1.87. The summed E-state index contributed by atoms with van der Waals surface area (Å²) in [5.74, 6) is -1.01. The fraction of sp³-hybridized carbons (Fsp3) is 0.0667. The van der Waals surface area contributed by atoms with Crippen LogP contribution < -0.4 is 4.74 Å². The number of aromatic carboxylic acids is 1. The van der Waals surface area contributed by atoms with Gasteiger partial charge < -0.3 is 14.3 Å². The Labute approximate surface area is 128 Å². The Hall–Kier alpha value is -2.34. The summed E-state index contributed by atoms with van der Waals surface area (Å²) in [7, 11) is 0. The monoisotopic (exact) mass is 347 g/mol. The zero-order chi connectivity index (χ0) is 14.8. The molecule has 0 saturated heterocycles. The van der Waals surface area contributed by atoms with E-state index in [0.29, 0.717) is 17.7 Å². The third kappa shape index (κ3) is 3.05. The number of carboxylic acid groups (broad SMARTS) is 1. The molecule has 0 bridgehead atoms. The summed E-state index contributed by atoms with van der Waals surface area (Å²) in [6.07, 6.45) is 0.118. The van der Waals surface area contributed by atoms with Crippen LogP contribution in [0.1, 0.15) is 15.9 Å². The van der Waals surface area contributed by atoms with Gasteiger partial charge in [-0.05, 0) is 35.9 Å². The Balaban J connectivity index is 1.80. The Kier molecular flexibility index (Phi) is 3.62. The van der Waals surface area contributed by atoms with Crippen molar-refractivity contribution in [2.75, 3.05) is 0 Å². The van der Waals surface area contributed by atoms with E-state index in [0.717, 1.165) is 10.0 Å². The molecule has 0 amide bonds. The normalized spacial score (nSPS) is 10.7. The largest absolute Gasteiger partial charge is 0.478 e. The molecule has 0 aliphatic rings. The van der Waals surface area contributed by atoms with Crippen molar-refractivity contribution in [3.05, 3.63) is 58.1 Å². The van der Waals surface area contributed by atoms with Gasteiger partial charge in [0.1, 0.15) is 12.1 Å². The van der Waals surface area contributed by atoms with Gasteiger partial charge >= 0.3 is 12.0 Å². The first kappa shape index (κ1) is 13.6. The van der Waals surface area contributed by atoms with Gasteiger partial charge in [-0.3, -0.25) is 0 Å². The van der Waals surface area contributed by atoms with E-state index >= 15 is 0 Å². The molecule has 6 heteroatoms. The molecule has 3 rings (SSSR count). The highest BCUT2D eigenvalue weighted by molar-refractivity contribution is 9.10. The Morgan fingerprint density at radius 2 is 2.14 bits per heavy atom. The predicted molar refractivity (Wildman–Crippen MR) is 79.4 cm³/mol. The smallest absolute Gasteiger partial charge is 0.394 e. The minimum atomic E-state index is -1.01. The van der Waals surface area contributed by atoms with Gasteiger partial charge in [-0.1, -0.05) is 28.1 Å². The molecule has 0 aliphatic heterocycles. The van der Waals surface area contributed by atoms with Crippen molar-refractivity contribution in [1.82, 2.24) is 4.98 Å². The summed E-state index contributed by atoms with van der Waals surface area (Å²) in [5, 5.41) is 8.93. The first-order valence-electron chi connectivity index (χ1n) is 6.13. The summed E-state index contributed by atoms with van der Waals surface area (Å²) in [5.41, 5.74) is 2.07. The van der Waals surface area contributed by atoms with Crippen molar-refractivity contribution >= 4 is 33.0 Å². The van der Waals surface area contributed by atoms with Crippen molar-refractivity contribution in [3.63, 3.8) is 0 Å². The lowest BCUT2D eigenvalue weighted by Gasteiger charge is -2.01. The number of aromatic nitrogens is 1. The van der Waals surface area contributed by atoms with Crippen LogP contribution in [0.5, 0.6) is 6.08 Å². The summed E-state index contributed by atoms with van der Waals surface area (Å²) < 4.78 is 11.9. The van der Waals surface area contributed by atoms with E-state index < -0.39 is 5.97 Å². The molecule has 0 atom stereocenters. The molecule has 0 spiro atoms. The molecule has 0 fully saturated rings. The molecule has 0 aliphatic carbocycles. The third-order valence-electron chi connectivity index (χ3n) is 2.87. The molecule has 106 valence electrons. The predicted octanol–water partition coefficient (Wildman–Crippen LogP) is 3.87. The van der Waals surface area contributed by atoms with E-state index in [1.165, 1.54) is 12.1 Å². The van der Waals surface area contributed by atoms with Crippen LogP contribution in [-0.2, 0) is 6.61 Å². The van der Waals surface area contributed by atoms with Crippen LogP contribution in [0.3, 0.4) is 0 Å². The van der Waals surface area contributed by atoms with Crippen LogP contribution in [0.15, 0.2) is 51.4 Å². The number of ether oxygens (including phenoxy) is 1. The third-order valence-corrected chi connectivity index (χ3v) is 3.36. The second-order valence-corrected chi connectivity index (χ2v) is 5.30. The van der Waals surface area contributed by atoms with Crippen LogP contribution in [0, 0.1) is 0 Å². The van der Waals surface area contributed by atoms with Gasteiger partial charge in [-0.15, -0.1) is 0 Å². The number of benzene rings is 2. The molecule has 2 aromatic carbocycles. The molecule has 1 aromatic heterocycles. The van der Waals surface area contributed by atoms with Crippen molar-refractivity contribution < 1.29 is 19.1 Å². The summed E-state index contributed by atoms with van der Waals surface area (Å²) in [6.45, 7) is 0.318. The van der Waals surface area contributed by atoms with Crippen molar-refractivity contribution in [1.29, 1.82) is 0 Å². The topological polar surface area (TPSA) is 72.6 Å². The molecule has 1 N–H and O–H groups in total. The van der Waals surface area contributed by atoms with Crippen LogP contribution in [0.4, 0.5) is 0 Å². The lowest BCUT2D eigenvalue weighted by molar-refractivity contribution is 0.0697. The highest BCUT2D eigenvalue weighted by Crippen LogP contribution is 2.23. The number of carboxylic acids is 1. The molecular formula is C15H10BrNO4. The fourth-order valence-corrected chi connectivity index (χ4v) is 2.32. The highest BCUT2D eigenvalue weighted by Gasteiger charge is 2.10. The lowest BCUT2D eigenvalue weighted by Crippen LogP contribution is -1.95. The van der Waals surface area contributed by atoms with E-state index in [1.54, 1.807) is 6.07 Å². The van der Waals surface area contributed by atoms with E-state index in [9.17, 15) is 4.79 Å². The van der Waals surface area contributed by atoms with Gasteiger partial charge in [0, 0.05) is 4.47 Å². The first-order chi connectivity index (χ1) is 10.1. The second-order valence-electron chi connectivity index (χ2n) is 4.39. The maximum Gasteiger partial charge on any atom is 0.394 e. The summed E-state index contributed by atoms with van der Waals surface area (Å²) >= 11 is 3.39. The molecule has 0 unspecified atom stereocenters. The summed E-state index contributed by atoms with van der Waals surface area (Å²) in [6, 6.07) is 12.2. The number of halogens is 1. The Bertz CT molecular complexity index is 812. The van der Waals surface area contributed by atoms with Crippen LogP contribution in [0.25, 0.3) is 11.1 Å². The van der Waals surface area contributed by atoms with Crippen LogP contribution >= 0.6 is 15.9 Å². The van der Waals surface area contributed by atoms with E-state index in [-0.39, 0.29) is 11.6 Å². The number of oxazole rings is 1. The minimum absolute atomic E-state index is 0.118. The molecule has 3 aromatic rings. The zero-order valence-corrected chi connectivity index (χ0v) is 12.3. The van der Waals surface area contributed by atoms with Crippen LogP contribution in [0.2, 0.25) is 0 Å². The van der Waals surface area contributed by atoms with Crippen LogP contribution in [-0.4, -0.2) is 16.1 Å². The minimum Gasteiger partial charge on any atom is -0.478 e. The molecule has 0 saturated carbocycles. The van der Waals surface area contributed by atoms with Gasteiger partial charge in [0.05, 0.1) is 5.56 Å². The van der Waals surface area contributed by atoms with Crippen molar-refractivity contribution in [2.45, 2.75) is 6.61 Å². The van der Waals surface area contributed by atoms with E-state index in [1.807, 2.05) is 24.3 Å². The second kappa shape index (κ2) is 5.57. The van der Waals surface area contributed by atoms with Gasteiger partial charge in [-0.2, -0.15) is 4.98 Å².